The van der Waals surface area contributed by atoms with E-state index in [1.54, 1.807) is 7.11 Å². The van der Waals surface area contributed by atoms with Crippen molar-refractivity contribution >= 4 is 6.03 Å². The molecule has 2 aromatic rings. The molecular weight excluding hydrogens is 328 g/mol. The molecule has 1 aromatic carbocycles. The zero-order chi connectivity index (χ0) is 18.5. The van der Waals surface area contributed by atoms with Crippen LogP contribution in [0.4, 0.5) is 4.79 Å². The summed E-state index contributed by atoms with van der Waals surface area (Å²) in [5.74, 6) is 0.874. The molecule has 1 heterocycles. The molecule has 3 rings (SSSR count). The van der Waals surface area contributed by atoms with Crippen molar-refractivity contribution in [1.82, 2.24) is 20.0 Å². The topological polar surface area (TPSA) is 59.4 Å². The summed E-state index contributed by atoms with van der Waals surface area (Å²) in [4.78, 5) is 14.6. The predicted octanol–water partition coefficient (Wildman–Crippen LogP) is 3.52. The van der Waals surface area contributed by atoms with Crippen molar-refractivity contribution in [3.8, 4) is 5.75 Å². The number of carbonyl (C=O) groups excluding carboxylic acids is 1. The molecule has 0 radical (unpaired) electrons. The molecule has 140 valence electrons. The van der Waals surface area contributed by atoms with Crippen molar-refractivity contribution in [3.05, 3.63) is 47.3 Å². The normalized spacial score (nSPS) is 16.0. The second-order valence-corrected chi connectivity index (χ2v) is 6.68. The SMILES string of the molecule is CCN(Cc1cnn(CC)c1)C(=O)N[C@H]1CCCc2cc(OC)ccc21. The van der Waals surface area contributed by atoms with Gasteiger partial charge in [-0.25, -0.2) is 4.79 Å². The minimum absolute atomic E-state index is 0.0228. The third kappa shape index (κ3) is 4.00. The number of ether oxygens (including phenoxy) is 1. The number of hydrogen-bond acceptors (Lipinski definition) is 3. The third-order valence-electron chi connectivity index (χ3n) is 5.02. The molecule has 1 aliphatic rings. The second-order valence-electron chi connectivity index (χ2n) is 6.68. The van der Waals surface area contributed by atoms with Crippen molar-refractivity contribution in [2.24, 2.45) is 0 Å². The first kappa shape index (κ1) is 18.3. The Balaban J connectivity index is 1.68. The maximum absolute atomic E-state index is 12.8. The Kier molecular flexibility index (Phi) is 5.81. The highest BCUT2D eigenvalue weighted by Gasteiger charge is 2.24. The maximum atomic E-state index is 12.8. The average molecular weight is 356 g/mol. The molecule has 1 aliphatic carbocycles. The van der Waals surface area contributed by atoms with Gasteiger partial charge in [-0.1, -0.05) is 6.07 Å². The number of nitrogens with zero attached hydrogens (tertiary/aromatic N) is 3. The van der Waals surface area contributed by atoms with E-state index >= 15 is 0 Å². The van der Waals surface area contributed by atoms with E-state index in [0.29, 0.717) is 13.1 Å². The lowest BCUT2D eigenvalue weighted by Crippen LogP contribution is -2.42. The Morgan fingerprint density at radius 2 is 2.27 bits per heavy atom. The number of benzene rings is 1. The van der Waals surface area contributed by atoms with Gasteiger partial charge >= 0.3 is 6.03 Å². The number of carbonyl (C=O) groups is 1. The Bertz CT molecular complexity index is 756. The van der Waals surface area contributed by atoms with E-state index in [1.165, 1.54) is 11.1 Å². The minimum atomic E-state index is -0.0228. The first-order valence-corrected chi connectivity index (χ1v) is 9.38. The van der Waals surface area contributed by atoms with Gasteiger partial charge in [0.25, 0.3) is 0 Å². The maximum Gasteiger partial charge on any atom is 0.318 e. The highest BCUT2D eigenvalue weighted by atomic mass is 16.5. The molecule has 0 saturated carbocycles. The van der Waals surface area contributed by atoms with Gasteiger partial charge < -0.3 is 15.0 Å². The van der Waals surface area contributed by atoms with Crippen LogP contribution >= 0.6 is 0 Å². The molecule has 1 N–H and O–H groups in total. The molecule has 0 saturated heterocycles. The van der Waals surface area contributed by atoms with Gasteiger partial charge in [0, 0.05) is 24.8 Å². The van der Waals surface area contributed by atoms with Crippen LogP contribution in [-0.4, -0.2) is 34.4 Å². The van der Waals surface area contributed by atoms with Crippen molar-refractivity contribution < 1.29 is 9.53 Å². The summed E-state index contributed by atoms with van der Waals surface area (Å²) in [5, 5.41) is 7.51. The predicted molar refractivity (Wildman–Crippen MR) is 101 cm³/mol. The van der Waals surface area contributed by atoms with Crippen LogP contribution in [0.2, 0.25) is 0 Å². The van der Waals surface area contributed by atoms with Gasteiger partial charge in [-0.05, 0) is 56.4 Å². The van der Waals surface area contributed by atoms with Gasteiger partial charge in [-0.2, -0.15) is 5.10 Å². The number of methoxy groups -OCH3 is 1. The molecule has 6 nitrogen and oxygen atoms in total. The van der Waals surface area contributed by atoms with Gasteiger partial charge in [0.2, 0.25) is 0 Å². The summed E-state index contributed by atoms with van der Waals surface area (Å²) in [6.07, 6.45) is 6.91. The Labute approximate surface area is 155 Å². The zero-order valence-corrected chi connectivity index (χ0v) is 15.9. The van der Waals surface area contributed by atoms with E-state index in [9.17, 15) is 4.79 Å². The molecule has 0 fully saturated rings. The zero-order valence-electron chi connectivity index (χ0n) is 15.9. The first-order valence-electron chi connectivity index (χ1n) is 9.38. The molecule has 2 amide bonds. The number of rotatable bonds is 6. The molecule has 0 aliphatic heterocycles. The molecular formula is C20H28N4O2. The second kappa shape index (κ2) is 8.25. The standard InChI is InChI=1S/C20H28N4O2/c1-4-23(13-15-12-21-24(5-2)14-15)20(25)22-19-8-6-7-16-11-17(26-3)9-10-18(16)19/h9-12,14,19H,4-8,13H2,1-3H3,(H,22,25)/t19-/m0/s1. The van der Waals surface area contributed by atoms with Crippen molar-refractivity contribution in [2.75, 3.05) is 13.7 Å². The molecule has 6 heteroatoms. The number of aromatic nitrogens is 2. The molecule has 0 unspecified atom stereocenters. The first-order chi connectivity index (χ1) is 12.6. The van der Waals surface area contributed by atoms with E-state index < -0.39 is 0 Å². The number of amides is 2. The summed E-state index contributed by atoms with van der Waals surface area (Å²) in [7, 11) is 1.68. The van der Waals surface area contributed by atoms with Crippen LogP contribution in [-0.2, 0) is 19.5 Å². The van der Waals surface area contributed by atoms with Crippen LogP contribution in [0, 0.1) is 0 Å². The lowest BCUT2D eigenvalue weighted by atomic mass is 9.87. The Morgan fingerprint density at radius 1 is 1.42 bits per heavy atom. The smallest absolute Gasteiger partial charge is 0.318 e. The van der Waals surface area contributed by atoms with E-state index in [2.05, 4.69) is 29.5 Å². The summed E-state index contributed by atoms with van der Waals surface area (Å²) >= 11 is 0. The third-order valence-corrected chi connectivity index (χ3v) is 5.02. The average Bonchev–Trinajstić information content (AvgIpc) is 3.13. The fourth-order valence-corrected chi connectivity index (χ4v) is 3.52. The van der Waals surface area contributed by atoms with E-state index in [1.807, 2.05) is 35.0 Å². The molecule has 0 bridgehead atoms. The fourth-order valence-electron chi connectivity index (χ4n) is 3.52. The van der Waals surface area contributed by atoms with Crippen molar-refractivity contribution in [2.45, 2.75) is 52.2 Å². The summed E-state index contributed by atoms with van der Waals surface area (Å²) in [6, 6.07) is 6.18. The highest BCUT2D eigenvalue weighted by Crippen LogP contribution is 2.32. The molecule has 26 heavy (non-hydrogen) atoms. The largest absolute Gasteiger partial charge is 0.497 e. The Morgan fingerprint density at radius 3 is 2.96 bits per heavy atom. The van der Waals surface area contributed by atoms with Crippen LogP contribution in [0.5, 0.6) is 5.75 Å². The molecule has 0 spiro atoms. The van der Waals surface area contributed by atoms with Crippen molar-refractivity contribution in [3.63, 3.8) is 0 Å². The summed E-state index contributed by atoms with van der Waals surface area (Å²) in [5.41, 5.74) is 3.53. The van der Waals surface area contributed by atoms with Gasteiger partial charge in [0.05, 0.1) is 25.9 Å². The van der Waals surface area contributed by atoms with Crippen molar-refractivity contribution in [1.29, 1.82) is 0 Å². The van der Waals surface area contributed by atoms with E-state index in [4.69, 9.17) is 4.74 Å². The van der Waals surface area contributed by atoms with Crippen LogP contribution < -0.4 is 10.1 Å². The summed E-state index contributed by atoms with van der Waals surface area (Å²) in [6.45, 7) is 6.12. The van der Waals surface area contributed by atoms with Gasteiger partial charge in [0.1, 0.15) is 5.75 Å². The van der Waals surface area contributed by atoms with Gasteiger partial charge in [-0.3, -0.25) is 4.68 Å². The number of hydrogen-bond donors (Lipinski definition) is 1. The van der Waals surface area contributed by atoms with Crippen LogP contribution in [0.3, 0.4) is 0 Å². The lowest BCUT2D eigenvalue weighted by molar-refractivity contribution is 0.192. The number of aryl methyl sites for hydroxylation is 2. The molecule has 1 atom stereocenters. The minimum Gasteiger partial charge on any atom is -0.497 e. The van der Waals surface area contributed by atoms with Crippen LogP contribution in [0.25, 0.3) is 0 Å². The number of fused-ring (bicyclic) bond motifs is 1. The van der Waals surface area contributed by atoms with Gasteiger partial charge in [-0.15, -0.1) is 0 Å². The van der Waals surface area contributed by atoms with E-state index in [0.717, 1.165) is 37.1 Å². The Hall–Kier alpha value is -2.50. The number of urea groups is 1. The molecule has 1 aromatic heterocycles. The van der Waals surface area contributed by atoms with Crippen LogP contribution in [0.1, 0.15) is 49.4 Å². The number of nitrogens with one attached hydrogen (secondary N) is 1. The monoisotopic (exact) mass is 356 g/mol. The fraction of sp³-hybridized carbons (Fsp3) is 0.500. The van der Waals surface area contributed by atoms with E-state index in [-0.39, 0.29) is 12.1 Å². The highest BCUT2D eigenvalue weighted by molar-refractivity contribution is 5.75. The quantitative estimate of drug-likeness (QED) is 0.861. The lowest BCUT2D eigenvalue weighted by Gasteiger charge is -2.29. The summed E-state index contributed by atoms with van der Waals surface area (Å²) < 4.78 is 7.21. The van der Waals surface area contributed by atoms with Gasteiger partial charge in [0.15, 0.2) is 0 Å². The van der Waals surface area contributed by atoms with Crippen LogP contribution in [0.15, 0.2) is 30.6 Å².